The molecule has 2 aromatic heterocycles. The van der Waals surface area contributed by atoms with Gasteiger partial charge in [0.15, 0.2) is 11.6 Å². The molecule has 0 aliphatic carbocycles. The maximum atomic E-state index is 14.4. The molecule has 4 heterocycles. The normalized spacial score (nSPS) is 17.4. The summed E-state index contributed by atoms with van der Waals surface area (Å²) in [6.45, 7) is 0.432. The Labute approximate surface area is 203 Å². The highest BCUT2D eigenvalue weighted by Gasteiger charge is 2.39. The van der Waals surface area contributed by atoms with Crippen molar-refractivity contribution in [3.8, 4) is 23.2 Å². The molecule has 5 rings (SSSR count). The number of carbonyl (C=O) groups excluding carboxylic acids is 1. The molecule has 178 valence electrons. The van der Waals surface area contributed by atoms with Gasteiger partial charge in [0, 0.05) is 25.7 Å². The third-order valence-corrected chi connectivity index (χ3v) is 6.11. The Bertz CT molecular complexity index is 1360. The molecule has 1 aromatic carbocycles. The van der Waals surface area contributed by atoms with E-state index in [2.05, 4.69) is 15.2 Å². The van der Waals surface area contributed by atoms with Gasteiger partial charge in [-0.2, -0.15) is 15.5 Å². The van der Waals surface area contributed by atoms with Crippen LogP contribution in [0.2, 0.25) is 5.02 Å². The number of urea groups is 1. The number of likely N-dealkylation sites (tertiary alicyclic amines) is 1. The molecule has 9 nitrogen and oxygen atoms in total. The van der Waals surface area contributed by atoms with Gasteiger partial charge < -0.3 is 9.64 Å². The summed E-state index contributed by atoms with van der Waals surface area (Å²) in [5.74, 6) is -1.20. The van der Waals surface area contributed by atoms with Crippen molar-refractivity contribution >= 4 is 23.8 Å². The van der Waals surface area contributed by atoms with Crippen LogP contribution in [0.3, 0.4) is 0 Å². The smallest absolute Gasteiger partial charge is 0.341 e. The van der Waals surface area contributed by atoms with Crippen molar-refractivity contribution in [2.75, 3.05) is 13.1 Å². The zero-order chi connectivity index (χ0) is 24.7. The highest BCUT2D eigenvalue weighted by atomic mass is 35.5. The number of carbonyl (C=O) groups is 1. The van der Waals surface area contributed by atoms with E-state index < -0.39 is 23.8 Å². The Balaban J connectivity index is 1.25. The third kappa shape index (κ3) is 4.28. The van der Waals surface area contributed by atoms with E-state index in [9.17, 15) is 13.6 Å². The number of aromatic nitrogens is 3. The van der Waals surface area contributed by atoms with E-state index in [1.807, 2.05) is 6.07 Å². The predicted octanol–water partition coefficient (Wildman–Crippen LogP) is 3.90. The van der Waals surface area contributed by atoms with Crippen molar-refractivity contribution in [2.45, 2.75) is 18.6 Å². The second-order valence-electron chi connectivity index (χ2n) is 8.17. The molecular formula is C23H18ClF2N7O2. The standard InChI is InChI=1S/C23H18ClF2N7O2/c1-31-22(17(24)9-30-31)19-7-21(18(26)10-28-19)35-16-11-32(12-16)23(34)33-20(2-3-29-33)14-4-13(8-27)5-15(25)6-14/h3-7,9-10,16,20H,2,11-12H2,1H3/t20-/m0/s1. The van der Waals surface area contributed by atoms with Gasteiger partial charge in [0.2, 0.25) is 0 Å². The van der Waals surface area contributed by atoms with Crippen LogP contribution in [0.15, 0.2) is 41.8 Å². The van der Waals surface area contributed by atoms with E-state index in [0.29, 0.717) is 28.4 Å². The molecule has 12 heteroatoms. The molecule has 2 amide bonds. The Morgan fingerprint density at radius 1 is 1.23 bits per heavy atom. The van der Waals surface area contributed by atoms with Gasteiger partial charge in [0.25, 0.3) is 0 Å². The van der Waals surface area contributed by atoms with Gasteiger partial charge in [0.1, 0.15) is 17.6 Å². The van der Waals surface area contributed by atoms with Gasteiger partial charge in [0.05, 0.1) is 53.9 Å². The zero-order valence-electron chi connectivity index (χ0n) is 18.4. The number of hydrazone groups is 1. The van der Waals surface area contributed by atoms with Crippen molar-refractivity contribution < 1.29 is 18.3 Å². The molecule has 3 aromatic rings. The lowest BCUT2D eigenvalue weighted by Crippen LogP contribution is -2.58. The second kappa shape index (κ2) is 8.96. The van der Waals surface area contributed by atoms with E-state index in [0.717, 1.165) is 12.3 Å². The number of hydrogen-bond donors (Lipinski definition) is 0. The first-order chi connectivity index (χ1) is 16.8. The summed E-state index contributed by atoms with van der Waals surface area (Å²) in [4.78, 5) is 18.6. The molecule has 1 atom stereocenters. The Morgan fingerprint density at radius 3 is 2.74 bits per heavy atom. The Hall–Kier alpha value is -4.04. The monoisotopic (exact) mass is 497 g/mol. The number of halogens is 3. The van der Waals surface area contributed by atoms with Gasteiger partial charge in [-0.25, -0.2) is 18.6 Å². The molecule has 0 spiro atoms. The number of ether oxygens (including phenoxy) is 1. The average Bonchev–Trinajstić information content (AvgIpc) is 3.43. The van der Waals surface area contributed by atoms with Crippen molar-refractivity contribution in [1.82, 2.24) is 24.7 Å². The van der Waals surface area contributed by atoms with Crippen LogP contribution < -0.4 is 4.74 Å². The highest BCUT2D eigenvalue weighted by molar-refractivity contribution is 6.32. The van der Waals surface area contributed by atoms with Crippen molar-refractivity contribution in [3.05, 3.63) is 64.4 Å². The second-order valence-corrected chi connectivity index (χ2v) is 8.58. The number of amides is 2. The molecule has 35 heavy (non-hydrogen) atoms. The van der Waals surface area contributed by atoms with Crippen LogP contribution in [0.5, 0.6) is 5.75 Å². The first kappa shape index (κ1) is 22.7. The summed E-state index contributed by atoms with van der Waals surface area (Å²) in [6, 6.07) is 6.43. The molecule has 1 saturated heterocycles. The number of hydrogen-bond acceptors (Lipinski definition) is 6. The number of rotatable bonds is 4. The van der Waals surface area contributed by atoms with Crippen LogP contribution in [-0.4, -0.2) is 56.1 Å². The molecule has 1 fully saturated rings. The lowest BCUT2D eigenvalue weighted by molar-refractivity contribution is 0.0257. The summed E-state index contributed by atoms with van der Waals surface area (Å²) < 4.78 is 35.6. The maximum absolute atomic E-state index is 14.4. The molecule has 0 N–H and O–H groups in total. The molecule has 2 aliphatic heterocycles. The molecule has 0 unspecified atom stereocenters. The fraction of sp³-hybridized carbons (Fsp3) is 0.261. The summed E-state index contributed by atoms with van der Waals surface area (Å²) in [7, 11) is 1.70. The maximum Gasteiger partial charge on any atom is 0.341 e. The fourth-order valence-corrected chi connectivity index (χ4v) is 4.34. The van der Waals surface area contributed by atoms with Gasteiger partial charge in [-0.3, -0.25) is 9.67 Å². The van der Waals surface area contributed by atoms with Gasteiger partial charge >= 0.3 is 6.03 Å². The van der Waals surface area contributed by atoms with Crippen LogP contribution in [0, 0.1) is 23.0 Å². The van der Waals surface area contributed by atoms with E-state index in [4.69, 9.17) is 21.6 Å². The van der Waals surface area contributed by atoms with Gasteiger partial charge in [-0.05, 0) is 23.8 Å². The number of nitrogens with zero attached hydrogens (tertiary/aromatic N) is 7. The summed E-state index contributed by atoms with van der Waals surface area (Å²) in [5.41, 5.74) is 1.58. The van der Waals surface area contributed by atoms with E-state index in [1.54, 1.807) is 19.3 Å². The first-order valence-electron chi connectivity index (χ1n) is 10.6. The minimum atomic E-state index is -0.638. The van der Waals surface area contributed by atoms with E-state index >= 15 is 0 Å². The Kier molecular flexibility index (Phi) is 5.82. The molecular weight excluding hydrogens is 480 g/mol. The Morgan fingerprint density at radius 2 is 2.03 bits per heavy atom. The van der Waals surface area contributed by atoms with Crippen LogP contribution >= 0.6 is 11.6 Å². The zero-order valence-corrected chi connectivity index (χ0v) is 19.2. The summed E-state index contributed by atoms with van der Waals surface area (Å²) >= 11 is 6.16. The third-order valence-electron chi connectivity index (χ3n) is 5.83. The number of nitriles is 1. The average molecular weight is 498 g/mol. The van der Waals surface area contributed by atoms with Crippen LogP contribution in [0.4, 0.5) is 13.6 Å². The number of benzene rings is 1. The van der Waals surface area contributed by atoms with Crippen molar-refractivity contribution in [3.63, 3.8) is 0 Å². The molecule has 0 radical (unpaired) electrons. The minimum Gasteiger partial charge on any atom is -0.483 e. The van der Waals surface area contributed by atoms with Crippen LogP contribution in [-0.2, 0) is 7.05 Å². The first-order valence-corrected chi connectivity index (χ1v) is 11.0. The summed E-state index contributed by atoms with van der Waals surface area (Å²) in [6.07, 6.45) is 4.06. The number of aryl methyl sites for hydroxylation is 1. The lowest BCUT2D eigenvalue weighted by atomic mass is 10.0. The molecule has 2 aliphatic rings. The van der Waals surface area contributed by atoms with E-state index in [-0.39, 0.29) is 30.4 Å². The minimum absolute atomic E-state index is 0.00905. The van der Waals surface area contributed by atoms with Crippen LogP contribution in [0.25, 0.3) is 11.4 Å². The van der Waals surface area contributed by atoms with Gasteiger partial charge in [-0.1, -0.05) is 11.6 Å². The molecule has 0 saturated carbocycles. The summed E-state index contributed by atoms with van der Waals surface area (Å²) in [5, 5.41) is 19.0. The fourth-order valence-electron chi connectivity index (χ4n) is 4.08. The SMILES string of the molecule is Cn1ncc(Cl)c1-c1cc(OC2CN(C(=O)N3N=CC[C@H]3c3cc(F)cc(C#N)c3)C2)c(F)cn1. The van der Waals surface area contributed by atoms with Gasteiger partial charge in [-0.15, -0.1) is 0 Å². The van der Waals surface area contributed by atoms with Crippen LogP contribution in [0.1, 0.15) is 23.6 Å². The van der Waals surface area contributed by atoms with Crippen molar-refractivity contribution in [2.24, 2.45) is 12.1 Å². The predicted molar refractivity (Wildman–Crippen MR) is 122 cm³/mol. The quantitative estimate of drug-likeness (QED) is 0.544. The number of pyridine rings is 1. The molecule has 0 bridgehead atoms. The largest absolute Gasteiger partial charge is 0.483 e. The van der Waals surface area contributed by atoms with Crippen molar-refractivity contribution in [1.29, 1.82) is 5.26 Å². The lowest BCUT2D eigenvalue weighted by Gasteiger charge is -2.41. The topological polar surface area (TPSA) is 99.6 Å². The highest BCUT2D eigenvalue weighted by Crippen LogP contribution is 2.33. The van der Waals surface area contributed by atoms with E-state index in [1.165, 1.54) is 32.9 Å².